The second kappa shape index (κ2) is 8.32. The van der Waals surface area contributed by atoms with Crippen molar-refractivity contribution in [3.63, 3.8) is 0 Å². The summed E-state index contributed by atoms with van der Waals surface area (Å²) < 4.78 is 1.94. The third-order valence-electron chi connectivity index (χ3n) is 5.40. The van der Waals surface area contributed by atoms with Gasteiger partial charge in [0, 0.05) is 50.1 Å². The van der Waals surface area contributed by atoms with Crippen LogP contribution in [0, 0.1) is 0 Å². The molecule has 0 bridgehead atoms. The van der Waals surface area contributed by atoms with E-state index in [1.165, 1.54) is 24.1 Å². The predicted octanol–water partition coefficient (Wildman–Crippen LogP) is 2.16. The number of fused-ring (bicyclic) bond motifs is 2. The first-order chi connectivity index (χ1) is 13.1. The quantitative estimate of drug-likeness (QED) is 0.760. The largest absolute Gasteiger partial charge is 0.368 e. The van der Waals surface area contributed by atoms with Gasteiger partial charge in [0.25, 0.3) is 5.78 Å². The summed E-state index contributed by atoms with van der Waals surface area (Å²) in [4.78, 5) is 14.4. The Hall–Kier alpha value is -1.38. The highest BCUT2D eigenvalue weighted by Gasteiger charge is 2.21. The average molecular weight is 390 g/mol. The number of nitrogens with one attached hydrogen (secondary N) is 1. The van der Waals surface area contributed by atoms with E-state index in [9.17, 15) is 0 Å². The van der Waals surface area contributed by atoms with Gasteiger partial charge in [-0.2, -0.15) is 9.50 Å². The van der Waals surface area contributed by atoms with Crippen molar-refractivity contribution < 1.29 is 0 Å². The van der Waals surface area contributed by atoms with Gasteiger partial charge in [-0.05, 0) is 32.7 Å². The summed E-state index contributed by atoms with van der Waals surface area (Å²) in [5.41, 5.74) is 2.56. The van der Waals surface area contributed by atoms with Crippen LogP contribution in [0.4, 0.5) is 5.82 Å². The first kappa shape index (κ1) is 19.0. The van der Waals surface area contributed by atoms with Crippen molar-refractivity contribution in [2.24, 2.45) is 0 Å². The van der Waals surface area contributed by atoms with Gasteiger partial charge in [0.15, 0.2) is 0 Å². The smallest absolute Gasteiger partial charge is 0.255 e. The molecule has 3 heterocycles. The van der Waals surface area contributed by atoms with Crippen LogP contribution in [0.2, 0.25) is 0 Å². The lowest BCUT2D eigenvalue weighted by Crippen LogP contribution is -2.45. The molecule has 0 atom stereocenters. The molecule has 0 spiro atoms. The molecule has 27 heavy (non-hydrogen) atoms. The summed E-state index contributed by atoms with van der Waals surface area (Å²) in [5.74, 6) is 1.85. The molecule has 2 aromatic rings. The summed E-state index contributed by atoms with van der Waals surface area (Å²) in [6.07, 6.45) is 4.59. The van der Waals surface area contributed by atoms with Crippen molar-refractivity contribution in [1.29, 1.82) is 0 Å². The zero-order valence-corrected chi connectivity index (χ0v) is 17.6. The molecule has 0 amide bonds. The molecule has 0 saturated carbocycles. The zero-order chi connectivity index (χ0) is 18.8. The van der Waals surface area contributed by atoms with Crippen LogP contribution in [0.15, 0.2) is 5.16 Å². The summed E-state index contributed by atoms with van der Waals surface area (Å²) >= 11 is 1.70. The number of nitrogens with zero attached hydrogens (tertiary/aromatic N) is 6. The van der Waals surface area contributed by atoms with Gasteiger partial charge >= 0.3 is 0 Å². The van der Waals surface area contributed by atoms with E-state index >= 15 is 0 Å². The van der Waals surface area contributed by atoms with Crippen molar-refractivity contribution in [3.05, 3.63) is 11.3 Å². The Balaban J connectivity index is 1.54. The molecule has 4 rings (SSSR count). The maximum absolute atomic E-state index is 4.83. The molecule has 2 aliphatic rings. The minimum absolute atomic E-state index is 0.464. The van der Waals surface area contributed by atoms with E-state index in [-0.39, 0.29) is 0 Å². The molecule has 0 unspecified atom stereocenters. The molecule has 1 N–H and O–H groups in total. The van der Waals surface area contributed by atoms with E-state index in [4.69, 9.17) is 10.1 Å². The minimum atomic E-state index is 0.464. The Kier molecular flexibility index (Phi) is 5.85. The number of hydrogen-bond acceptors (Lipinski definition) is 7. The maximum Gasteiger partial charge on any atom is 0.255 e. The lowest BCUT2D eigenvalue weighted by Gasteiger charge is -2.32. The molecular formula is C19H31N7S. The summed E-state index contributed by atoms with van der Waals surface area (Å²) in [5, 5.41) is 9.74. The molecule has 7 nitrogen and oxygen atoms in total. The number of anilines is 1. The maximum atomic E-state index is 4.83. The van der Waals surface area contributed by atoms with Crippen LogP contribution in [0.5, 0.6) is 0 Å². The van der Waals surface area contributed by atoms with Gasteiger partial charge in [-0.1, -0.05) is 25.6 Å². The second-order valence-electron chi connectivity index (χ2n) is 7.94. The summed E-state index contributed by atoms with van der Waals surface area (Å²) in [7, 11) is 2.20. The Bertz CT molecular complexity index is 780. The first-order valence-corrected chi connectivity index (χ1v) is 11.1. The number of likely N-dealkylation sites (N-methyl/N-ethyl adjacent to an activating group) is 1. The lowest BCUT2D eigenvalue weighted by atomic mass is 9.96. The second-order valence-corrected chi connectivity index (χ2v) is 9.48. The average Bonchev–Trinajstić information content (AvgIpc) is 3.04. The topological polar surface area (TPSA) is 61.6 Å². The van der Waals surface area contributed by atoms with Crippen molar-refractivity contribution >= 4 is 23.4 Å². The van der Waals surface area contributed by atoms with Crippen LogP contribution < -0.4 is 5.32 Å². The molecule has 0 radical (unpaired) electrons. The number of rotatable bonds is 6. The van der Waals surface area contributed by atoms with Crippen LogP contribution in [-0.4, -0.2) is 80.9 Å². The Labute approximate surface area is 165 Å². The van der Waals surface area contributed by atoms with Crippen molar-refractivity contribution in [2.45, 2.75) is 49.9 Å². The predicted molar refractivity (Wildman–Crippen MR) is 111 cm³/mol. The van der Waals surface area contributed by atoms with Crippen LogP contribution in [0.1, 0.15) is 37.9 Å². The number of aryl methyl sites for hydroxylation is 1. The van der Waals surface area contributed by atoms with E-state index in [0.29, 0.717) is 5.25 Å². The third kappa shape index (κ3) is 4.38. The monoisotopic (exact) mass is 389 g/mol. The molecule has 1 saturated heterocycles. The van der Waals surface area contributed by atoms with E-state index in [2.05, 4.69) is 41.0 Å². The first-order valence-electron chi connectivity index (χ1n) is 10.2. The number of piperazine rings is 1. The summed E-state index contributed by atoms with van der Waals surface area (Å²) in [6, 6.07) is 0. The Morgan fingerprint density at radius 1 is 1.07 bits per heavy atom. The number of aromatic nitrogens is 4. The molecule has 1 aliphatic carbocycles. The fourth-order valence-electron chi connectivity index (χ4n) is 3.87. The highest BCUT2D eigenvalue weighted by atomic mass is 32.2. The third-order valence-corrected chi connectivity index (χ3v) is 6.25. The van der Waals surface area contributed by atoms with Crippen molar-refractivity contribution in [3.8, 4) is 0 Å². The van der Waals surface area contributed by atoms with E-state index in [1.54, 1.807) is 11.8 Å². The SMILES string of the molecule is CC(C)Sc1nc2nc3c(c(NCCN4CCN(C)CC4)n2n1)CCCC3. The highest BCUT2D eigenvalue weighted by Crippen LogP contribution is 2.29. The number of hydrogen-bond donors (Lipinski definition) is 1. The van der Waals surface area contributed by atoms with Gasteiger partial charge in [0.05, 0.1) is 5.69 Å². The van der Waals surface area contributed by atoms with Crippen LogP contribution in [-0.2, 0) is 12.8 Å². The van der Waals surface area contributed by atoms with Crippen molar-refractivity contribution in [2.75, 3.05) is 51.6 Å². The molecule has 1 fully saturated rings. The standard InChI is InChI=1S/C19H31N7S/c1-14(2)27-19-22-18-21-16-7-5-4-6-15(16)17(26(18)23-19)20-8-9-25-12-10-24(3)11-13-25/h14,20H,4-13H2,1-3H3. The van der Waals surface area contributed by atoms with Gasteiger partial charge in [-0.15, -0.1) is 5.10 Å². The van der Waals surface area contributed by atoms with Crippen molar-refractivity contribution in [1.82, 2.24) is 29.4 Å². The summed E-state index contributed by atoms with van der Waals surface area (Å²) in [6.45, 7) is 11.0. The van der Waals surface area contributed by atoms with Gasteiger partial charge in [-0.25, -0.2) is 4.98 Å². The van der Waals surface area contributed by atoms with Gasteiger partial charge in [-0.3, -0.25) is 4.90 Å². The fourth-order valence-corrected chi connectivity index (χ4v) is 4.56. The van der Waals surface area contributed by atoms with Crippen LogP contribution >= 0.6 is 11.8 Å². The van der Waals surface area contributed by atoms with Gasteiger partial charge in [0.2, 0.25) is 5.16 Å². The molecule has 0 aromatic carbocycles. The van der Waals surface area contributed by atoms with E-state index in [0.717, 1.165) is 68.9 Å². The fraction of sp³-hybridized carbons (Fsp3) is 0.737. The van der Waals surface area contributed by atoms with Crippen LogP contribution in [0.25, 0.3) is 5.78 Å². The minimum Gasteiger partial charge on any atom is -0.368 e. The molecule has 2 aromatic heterocycles. The van der Waals surface area contributed by atoms with E-state index < -0.39 is 0 Å². The number of thioether (sulfide) groups is 1. The Morgan fingerprint density at radius 3 is 2.63 bits per heavy atom. The van der Waals surface area contributed by atoms with Gasteiger partial charge < -0.3 is 10.2 Å². The Morgan fingerprint density at radius 2 is 1.85 bits per heavy atom. The zero-order valence-electron chi connectivity index (χ0n) is 16.7. The van der Waals surface area contributed by atoms with E-state index in [1.807, 2.05) is 4.52 Å². The highest BCUT2D eigenvalue weighted by molar-refractivity contribution is 7.99. The molecular weight excluding hydrogens is 358 g/mol. The van der Waals surface area contributed by atoms with Gasteiger partial charge in [0.1, 0.15) is 5.82 Å². The lowest BCUT2D eigenvalue weighted by molar-refractivity contribution is 0.158. The normalized spacial score (nSPS) is 19.0. The molecule has 8 heteroatoms. The van der Waals surface area contributed by atoms with Crippen LogP contribution in [0.3, 0.4) is 0 Å². The molecule has 148 valence electrons. The molecule has 1 aliphatic heterocycles.